The molecular formula is C13H25NO2. The average molecular weight is 227 g/mol. The molecule has 2 unspecified atom stereocenters. The van der Waals surface area contributed by atoms with Crippen molar-refractivity contribution in [3.8, 4) is 0 Å². The molecule has 1 aliphatic rings. The molecule has 3 nitrogen and oxygen atoms in total. The van der Waals surface area contributed by atoms with Crippen LogP contribution in [-0.2, 0) is 4.74 Å². The molecule has 1 rings (SSSR count). The molecule has 0 saturated carbocycles. The molecule has 3 heteroatoms. The monoisotopic (exact) mass is 227 g/mol. The number of carbonyl (C=O) groups excluding carboxylic acids is 1. The number of piperidine rings is 1. The molecule has 0 N–H and O–H groups in total. The summed E-state index contributed by atoms with van der Waals surface area (Å²) in [7, 11) is 0. The zero-order chi connectivity index (χ0) is 12.3. The molecule has 2 atom stereocenters. The minimum absolute atomic E-state index is 0.147. The van der Waals surface area contributed by atoms with Gasteiger partial charge in [0.05, 0.1) is 0 Å². The van der Waals surface area contributed by atoms with E-state index < -0.39 is 5.60 Å². The molecule has 16 heavy (non-hydrogen) atoms. The Morgan fingerprint density at radius 2 is 2.06 bits per heavy atom. The third-order valence-electron chi connectivity index (χ3n) is 3.16. The van der Waals surface area contributed by atoms with Crippen LogP contribution in [0.3, 0.4) is 0 Å². The maximum absolute atomic E-state index is 12.0. The second-order valence-electron chi connectivity index (χ2n) is 5.77. The van der Waals surface area contributed by atoms with Gasteiger partial charge < -0.3 is 9.64 Å². The van der Waals surface area contributed by atoms with Crippen molar-refractivity contribution in [2.24, 2.45) is 5.92 Å². The van der Waals surface area contributed by atoms with Gasteiger partial charge >= 0.3 is 6.09 Å². The molecule has 1 heterocycles. The number of amides is 1. The number of likely N-dealkylation sites (tertiary alicyclic amines) is 1. The molecule has 1 fully saturated rings. The minimum atomic E-state index is -0.393. The first-order valence-electron chi connectivity index (χ1n) is 6.34. The molecule has 0 aliphatic carbocycles. The fourth-order valence-electron chi connectivity index (χ4n) is 2.42. The van der Waals surface area contributed by atoms with Crippen molar-refractivity contribution in [1.82, 2.24) is 4.90 Å². The highest BCUT2D eigenvalue weighted by Gasteiger charge is 2.33. The van der Waals surface area contributed by atoms with Gasteiger partial charge in [-0.15, -0.1) is 0 Å². The van der Waals surface area contributed by atoms with Crippen LogP contribution in [0.5, 0.6) is 0 Å². The van der Waals surface area contributed by atoms with Crippen LogP contribution in [-0.4, -0.2) is 29.2 Å². The summed E-state index contributed by atoms with van der Waals surface area (Å²) in [5.41, 5.74) is -0.393. The van der Waals surface area contributed by atoms with Crippen LogP contribution in [0.4, 0.5) is 4.79 Å². The maximum atomic E-state index is 12.0. The van der Waals surface area contributed by atoms with Crippen molar-refractivity contribution in [2.45, 2.75) is 65.5 Å². The number of carbonyl (C=O) groups is 1. The zero-order valence-corrected chi connectivity index (χ0v) is 11.2. The van der Waals surface area contributed by atoms with Gasteiger partial charge in [0.15, 0.2) is 0 Å². The van der Waals surface area contributed by atoms with Crippen LogP contribution < -0.4 is 0 Å². The first-order valence-corrected chi connectivity index (χ1v) is 6.34. The smallest absolute Gasteiger partial charge is 0.410 e. The van der Waals surface area contributed by atoms with Gasteiger partial charge in [0.2, 0.25) is 0 Å². The van der Waals surface area contributed by atoms with Gasteiger partial charge in [0.25, 0.3) is 0 Å². The summed E-state index contributed by atoms with van der Waals surface area (Å²) in [6, 6.07) is 0.351. The van der Waals surface area contributed by atoms with Crippen LogP contribution >= 0.6 is 0 Å². The lowest BCUT2D eigenvalue weighted by molar-refractivity contribution is 0.00109. The number of hydrogen-bond donors (Lipinski definition) is 0. The SMILES string of the molecule is CCC1C(C)CCCN1C(=O)OC(C)(C)C. The van der Waals surface area contributed by atoms with E-state index in [1.807, 2.05) is 25.7 Å². The van der Waals surface area contributed by atoms with Gasteiger partial charge in [-0.25, -0.2) is 4.79 Å². The highest BCUT2D eigenvalue weighted by molar-refractivity contribution is 5.68. The molecule has 1 aliphatic heterocycles. The van der Waals surface area contributed by atoms with Crippen molar-refractivity contribution < 1.29 is 9.53 Å². The van der Waals surface area contributed by atoms with Crippen LogP contribution in [0.2, 0.25) is 0 Å². The Balaban J connectivity index is 2.66. The van der Waals surface area contributed by atoms with E-state index >= 15 is 0 Å². The van der Waals surface area contributed by atoms with E-state index in [1.165, 1.54) is 6.42 Å². The third-order valence-corrected chi connectivity index (χ3v) is 3.16. The van der Waals surface area contributed by atoms with Crippen LogP contribution in [0.25, 0.3) is 0 Å². The maximum Gasteiger partial charge on any atom is 0.410 e. The predicted octanol–water partition coefficient (Wildman–Crippen LogP) is 3.43. The molecular weight excluding hydrogens is 202 g/mol. The van der Waals surface area contributed by atoms with Gasteiger partial charge in [-0.2, -0.15) is 0 Å². The molecule has 1 saturated heterocycles. The Morgan fingerprint density at radius 1 is 1.44 bits per heavy atom. The van der Waals surface area contributed by atoms with Gasteiger partial charge in [0.1, 0.15) is 5.60 Å². The average Bonchev–Trinajstić information content (AvgIpc) is 2.14. The van der Waals surface area contributed by atoms with Gasteiger partial charge in [-0.05, 0) is 46.0 Å². The van der Waals surface area contributed by atoms with Crippen LogP contribution in [0.1, 0.15) is 53.9 Å². The van der Waals surface area contributed by atoms with Gasteiger partial charge in [-0.1, -0.05) is 13.8 Å². The van der Waals surface area contributed by atoms with Crippen molar-refractivity contribution in [3.63, 3.8) is 0 Å². The quantitative estimate of drug-likeness (QED) is 0.687. The van der Waals surface area contributed by atoms with E-state index in [-0.39, 0.29) is 6.09 Å². The van der Waals surface area contributed by atoms with E-state index in [4.69, 9.17) is 4.74 Å². The predicted molar refractivity (Wildman–Crippen MR) is 65.4 cm³/mol. The van der Waals surface area contributed by atoms with Gasteiger partial charge in [-0.3, -0.25) is 0 Å². The first kappa shape index (κ1) is 13.3. The number of nitrogens with zero attached hydrogens (tertiary/aromatic N) is 1. The third kappa shape index (κ3) is 3.39. The standard InChI is InChI=1S/C13H25NO2/c1-6-11-10(2)8-7-9-14(11)12(15)16-13(3,4)5/h10-11H,6-9H2,1-5H3. The summed E-state index contributed by atoms with van der Waals surface area (Å²) >= 11 is 0. The molecule has 0 spiro atoms. The Labute approximate surface area is 99.1 Å². The fraction of sp³-hybridized carbons (Fsp3) is 0.923. The molecule has 1 amide bonds. The Morgan fingerprint density at radius 3 is 2.56 bits per heavy atom. The van der Waals surface area contributed by atoms with E-state index in [0.29, 0.717) is 12.0 Å². The van der Waals surface area contributed by atoms with Gasteiger partial charge in [0, 0.05) is 12.6 Å². The molecule has 0 radical (unpaired) electrons. The van der Waals surface area contributed by atoms with Crippen LogP contribution in [0, 0.1) is 5.92 Å². The molecule has 0 bridgehead atoms. The highest BCUT2D eigenvalue weighted by atomic mass is 16.6. The number of rotatable bonds is 1. The van der Waals surface area contributed by atoms with Crippen LogP contribution in [0.15, 0.2) is 0 Å². The molecule has 0 aromatic rings. The topological polar surface area (TPSA) is 29.5 Å². The summed E-state index contributed by atoms with van der Waals surface area (Å²) in [5, 5.41) is 0. The largest absolute Gasteiger partial charge is 0.444 e. The molecule has 0 aromatic carbocycles. The lowest BCUT2D eigenvalue weighted by Crippen LogP contribution is -2.49. The molecule has 0 aromatic heterocycles. The Kier molecular flexibility index (Phi) is 4.22. The lowest BCUT2D eigenvalue weighted by Gasteiger charge is -2.40. The van der Waals surface area contributed by atoms with E-state index in [0.717, 1.165) is 19.4 Å². The summed E-state index contributed by atoms with van der Waals surface area (Å²) in [6.45, 7) is 11.0. The molecule has 94 valence electrons. The summed E-state index contributed by atoms with van der Waals surface area (Å²) in [4.78, 5) is 13.9. The van der Waals surface area contributed by atoms with E-state index in [1.54, 1.807) is 0 Å². The normalized spacial score (nSPS) is 26.7. The summed E-state index contributed by atoms with van der Waals surface area (Å²) in [6.07, 6.45) is 3.18. The zero-order valence-electron chi connectivity index (χ0n) is 11.2. The Hall–Kier alpha value is -0.730. The van der Waals surface area contributed by atoms with Crippen molar-refractivity contribution >= 4 is 6.09 Å². The number of ether oxygens (including phenoxy) is 1. The van der Waals surface area contributed by atoms with E-state index in [2.05, 4.69) is 13.8 Å². The first-order chi connectivity index (χ1) is 7.35. The minimum Gasteiger partial charge on any atom is -0.444 e. The lowest BCUT2D eigenvalue weighted by atomic mass is 9.89. The van der Waals surface area contributed by atoms with Crippen molar-refractivity contribution in [3.05, 3.63) is 0 Å². The summed E-state index contributed by atoms with van der Waals surface area (Å²) < 4.78 is 5.44. The van der Waals surface area contributed by atoms with E-state index in [9.17, 15) is 4.79 Å². The number of hydrogen-bond acceptors (Lipinski definition) is 2. The fourth-order valence-corrected chi connectivity index (χ4v) is 2.42. The van der Waals surface area contributed by atoms with Crippen molar-refractivity contribution in [2.75, 3.05) is 6.54 Å². The highest BCUT2D eigenvalue weighted by Crippen LogP contribution is 2.26. The second-order valence-corrected chi connectivity index (χ2v) is 5.77. The second kappa shape index (κ2) is 5.07. The van der Waals surface area contributed by atoms with Crippen molar-refractivity contribution in [1.29, 1.82) is 0 Å². The Bertz CT molecular complexity index is 245. The summed E-state index contributed by atoms with van der Waals surface area (Å²) in [5.74, 6) is 0.589.